The van der Waals surface area contributed by atoms with Gasteiger partial charge in [-0.25, -0.2) is 0 Å². The molecule has 10 rings (SSSR count). The summed E-state index contributed by atoms with van der Waals surface area (Å²) in [6.45, 7) is 4.64. The van der Waals surface area contributed by atoms with Gasteiger partial charge in [0.15, 0.2) is 0 Å². The van der Waals surface area contributed by atoms with Crippen molar-refractivity contribution in [3.63, 3.8) is 0 Å². The molecule has 9 aromatic rings. The molecular formula is C43H28O. The minimum absolute atomic E-state index is 0.0493. The second kappa shape index (κ2) is 8.36. The fraction of sp³-hybridized carbons (Fsp3) is 0.0698. The summed E-state index contributed by atoms with van der Waals surface area (Å²) in [5.74, 6) is 0. The SMILES string of the molecule is CC1(C)c2ccccc2-c2cc3c(cc21)oc1cc(-c2ccc4ccc5ccc(-c6ccccc6)c6ccc2c4c56)ccc13. The van der Waals surface area contributed by atoms with Gasteiger partial charge in [0.1, 0.15) is 11.2 Å². The molecule has 1 aliphatic rings. The molecule has 44 heavy (non-hydrogen) atoms. The Morgan fingerprint density at radius 3 is 1.77 bits per heavy atom. The molecule has 1 aliphatic carbocycles. The molecule has 1 nitrogen and oxygen atoms in total. The average molecular weight is 561 g/mol. The Balaban J connectivity index is 1.18. The molecule has 0 N–H and O–H groups in total. The van der Waals surface area contributed by atoms with Crippen molar-refractivity contribution in [2.45, 2.75) is 19.3 Å². The first-order valence-electron chi connectivity index (χ1n) is 15.4. The van der Waals surface area contributed by atoms with Gasteiger partial charge >= 0.3 is 0 Å². The monoisotopic (exact) mass is 560 g/mol. The predicted octanol–water partition coefficient (Wildman–Crippen LogP) is 12.1. The minimum atomic E-state index is -0.0493. The van der Waals surface area contributed by atoms with Gasteiger partial charge in [-0.3, -0.25) is 0 Å². The molecule has 1 heterocycles. The highest BCUT2D eigenvalue weighted by atomic mass is 16.3. The molecular weight excluding hydrogens is 532 g/mol. The van der Waals surface area contributed by atoms with E-state index in [1.54, 1.807) is 0 Å². The van der Waals surface area contributed by atoms with Crippen molar-refractivity contribution in [3.8, 4) is 33.4 Å². The molecule has 0 fully saturated rings. The van der Waals surface area contributed by atoms with Crippen LogP contribution in [-0.2, 0) is 5.41 Å². The third-order valence-corrected chi connectivity index (χ3v) is 10.2. The van der Waals surface area contributed by atoms with Crippen LogP contribution in [0.1, 0.15) is 25.0 Å². The van der Waals surface area contributed by atoms with Crippen molar-refractivity contribution in [1.29, 1.82) is 0 Å². The van der Waals surface area contributed by atoms with Gasteiger partial charge < -0.3 is 4.42 Å². The average Bonchev–Trinajstić information content (AvgIpc) is 3.53. The summed E-state index contributed by atoms with van der Waals surface area (Å²) in [4.78, 5) is 0. The molecule has 0 saturated heterocycles. The Bertz CT molecular complexity index is 2620. The van der Waals surface area contributed by atoms with Crippen LogP contribution in [0.4, 0.5) is 0 Å². The van der Waals surface area contributed by atoms with Gasteiger partial charge in [0.05, 0.1) is 0 Å². The van der Waals surface area contributed by atoms with E-state index in [9.17, 15) is 0 Å². The Kier molecular flexibility index (Phi) is 4.58. The first kappa shape index (κ1) is 24.1. The highest BCUT2D eigenvalue weighted by Gasteiger charge is 2.36. The number of hydrogen-bond donors (Lipinski definition) is 0. The van der Waals surface area contributed by atoms with Crippen molar-refractivity contribution >= 4 is 54.3 Å². The Morgan fingerprint density at radius 2 is 1.02 bits per heavy atom. The van der Waals surface area contributed by atoms with E-state index in [1.807, 2.05) is 0 Å². The van der Waals surface area contributed by atoms with E-state index in [2.05, 4.69) is 147 Å². The maximum absolute atomic E-state index is 6.62. The molecule has 8 aromatic carbocycles. The summed E-state index contributed by atoms with van der Waals surface area (Å²) >= 11 is 0. The second-order valence-corrected chi connectivity index (χ2v) is 12.9. The predicted molar refractivity (Wildman–Crippen MR) is 186 cm³/mol. The van der Waals surface area contributed by atoms with Gasteiger partial charge in [0, 0.05) is 16.2 Å². The maximum Gasteiger partial charge on any atom is 0.136 e. The molecule has 1 heteroatoms. The highest BCUT2D eigenvalue weighted by molar-refractivity contribution is 6.27. The zero-order chi connectivity index (χ0) is 29.2. The van der Waals surface area contributed by atoms with Crippen LogP contribution in [0.15, 0.2) is 138 Å². The normalized spacial score (nSPS) is 13.9. The highest BCUT2D eigenvalue weighted by Crippen LogP contribution is 2.51. The number of rotatable bonds is 2. The fourth-order valence-electron chi connectivity index (χ4n) is 8.06. The quantitative estimate of drug-likeness (QED) is 0.192. The summed E-state index contributed by atoms with van der Waals surface area (Å²) in [6, 6.07) is 49.2. The van der Waals surface area contributed by atoms with Crippen molar-refractivity contribution in [2.75, 3.05) is 0 Å². The Labute approximate surface area is 255 Å². The first-order valence-corrected chi connectivity index (χ1v) is 15.4. The summed E-state index contributed by atoms with van der Waals surface area (Å²) in [7, 11) is 0. The van der Waals surface area contributed by atoms with Crippen molar-refractivity contribution in [1.82, 2.24) is 0 Å². The number of fused-ring (bicyclic) bond motifs is 6. The van der Waals surface area contributed by atoms with Crippen LogP contribution in [0, 0.1) is 0 Å². The fourth-order valence-corrected chi connectivity index (χ4v) is 8.06. The first-order chi connectivity index (χ1) is 21.6. The number of benzene rings is 8. The zero-order valence-corrected chi connectivity index (χ0v) is 24.6. The van der Waals surface area contributed by atoms with Gasteiger partial charge in [-0.1, -0.05) is 123 Å². The van der Waals surface area contributed by atoms with Crippen LogP contribution in [0.25, 0.3) is 87.6 Å². The number of hydrogen-bond acceptors (Lipinski definition) is 1. The largest absolute Gasteiger partial charge is 0.456 e. The van der Waals surface area contributed by atoms with Crippen molar-refractivity contribution in [2.24, 2.45) is 0 Å². The van der Waals surface area contributed by atoms with E-state index in [1.165, 1.54) is 87.6 Å². The topological polar surface area (TPSA) is 13.1 Å². The molecule has 0 radical (unpaired) electrons. The molecule has 0 atom stereocenters. The van der Waals surface area contributed by atoms with Gasteiger partial charge in [-0.15, -0.1) is 0 Å². The summed E-state index contributed by atoms with van der Waals surface area (Å²) in [5.41, 5.74) is 12.2. The molecule has 0 aliphatic heterocycles. The molecule has 0 amide bonds. The lowest BCUT2D eigenvalue weighted by atomic mass is 9.82. The third kappa shape index (κ3) is 3.09. The molecule has 0 spiro atoms. The number of furan rings is 1. The minimum Gasteiger partial charge on any atom is -0.456 e. The van der Waals surface area contributed by atoms with Crippen LogP contribution in [0.5, 0.6) is 0 Å². The van der Waals surface area contributed by atoms with Crippen LogP contribution >= 0.6 is 0 Å². The summed E-state index contributed by atoms with van der Waals surface area (Å²) < 4.78 is 6.62. The Morgan fingerprint density at radius 1 is 0.409 bits per heavy atom. The second-order valence-electron chi connectivity index (χ2n) is 12.9. The molecule has 0 bridgehead atoms. The van der Waals surface area contributed by atoms with Crippen LogP contribution in [-0.4, -0.2) is 0 Å². The van der Waals surface area contributed by atoms with Crippen molar-refractivity contribution in [3.05, 3.63) is 145 Å². The lowest BCUT2D eigenvalue weighted by molar-refractivity contribution is 0.647. The van der Waals surface area contributed by atoms with E-state index in [0.29, 0.717) is 0 Å². The summed E-state index contributed by atoms with van der Waals surface area (Å²) in [6.07, 6.45) is 0. The standard InChI is InChI=1S/C43H28O/c1-43(2)37-11-7-6-10-31(37)35-23-36-32-19-16-28(22-39(32)44-40(36)24-38(35)43)30-18-15-27-13-12-26-14-17-29(25-8-4-3-5-9-25)33-20-21-34(30)42(27)41(26)33/h3-24H,1-2H3. The van der Waals surface area contributed by atoms with Gasteiger partial charge in [-0.05, 0) is 101 Å². The van der Waals surface area contributed by atoms with E-state index < -0.39 is 0 Å². The zero-order valence-electron chi connectivity index (χ0n) is 24.6. The van der Waals surface area contributed by atoms with E-state index in [0.717, 1.165) is 11.2 Å². The van der Waals surface area contributed by atoms with Crippen molar-refractivity contribution < 1.29 is 4.42 Å². The molecule has 206 valence electrons. The van der Waals surface area contributed by atoms with Crippen LogP contribution in [0.3, 0.4) is 0 Å². The molecule has 0 unspecified atom stereocenters. The smallest absolute Gasteiger partial charge is 0.136 e. The van der Waals surface area contributed by atoms with Crippen LogP contribution < -0.4 is 0 Å². The van der Waals surface area contributed by atoms with Crippen LogP contribution in [0.2, 0.25) is 0 Å². The molecule has 0 saturated carbocycles. The van der Waals surface area contributed by atoms with E-state index >= 15 is 0 Å². The van der Waals surface area contributed by atoms with E-state index in [-0.39, 0.29) is 5.41 Å². The maximum atomic E-state index is 6.62. The lowest BCUT2D eigenvalue weighted by Crippen LogP contribution is -2.14. The third-order valence-electron chi connectivity index (χ3n) is 10.2. The lowest BCUT2D eigenvalue weighted by Gasteiger charge is -2.21. The molecule has 1 aromatic heterocycles. The van der Waals surface area contributed by atoms with Gasteiger partial charge in [0.2, 0.25) is 0 Å². The Hall–Kier alpha value is -5.40. The summed E-state index contributed by atoms with van der Waals surface area (Å²) in [5, 5.41) is 10.1. The van der Waals surface area contributed by atoms with Gasteiger partial charge in [-0.2, -0.15) is 0 Å². The van der Waals surface area contributed by atoms with Gasteiger partial charge in [0.25, 0.3) is 0 Å². The van der Waals surface area contributed by atoms with E-state index in [4.69, 9.17) is 4.42 Å².